The van der Waals surface area contributed by atoms with Gasteiger partial charge in [-0.05, 0) is 19.8 Å². The van der Waals surface area contributed by atoms with Crippen molar-refractivity contribution in [1.29, 1.82) is 0 Å². The van der Waals surface area contributed by atoms with Crippen LogP contribution >= 0.6 is 12.2 Å². The maximum atomic E-state index is 11.7. The van der Waals surface area contributed by atoms with Crippen LogP contribution in [0.5, 0.6) is 0 Å². The molecule has 0 aromatic carbocycles. The Morgan fingerprint density at radius 2 is 2.12 bits per heavy atom. The van der Waals surface area contributed by atoms with Crippen LogP contribution in [-0.4, -0.2) is 29.6 Å². The summed E-state index contributed by atoms with van der Waals surface area (Å²) in [6.45, 7) is 2.99. The molecule has 0 heterocycles. The minimum Gasteiger partial charge on any atom is -0.391 e. The Morgan fingerprint density at radius 3 is 2.62 bits per heavy atom. The summed E-state index contributed by atoms with van der Waals surface area (Å²) in [4.78, 5) is 12.1. The molecule has 1 saturated carbocycles. The summed E-state index contributed by atoms with van der Waals surface area (Å²) in [7, 11) is 0. The molecule has 1 fully saturated rings. The van der Waals surface area contributed by atoms with Crippen LogP contribution in [-0.2, 0) is 9.53 Å². The van der Waals surface area contributed by atoms with Crippen molar-refractivity contribution in [3.05, 3.63) is 0 Å². The lowest BCUT2D eigenvalue weighted by Crippen LogP contribution is -2.54. The first kappa shape index (κ1) is 13.4. The normalized spacial score (nSPS) is 18.3. The summed E-state index contributed by atoms with van der Waals surface area (Å²) in [5.41, 5.74) is 5.29. The van der Waals surface area contributed by atoms with Crippen molar-refractivity contribution in [2.75, 3.05) is 13.2 Å². The zero-order chi connectivity index (χ0) is 12.0. The van der Waals surface area contributed by atoms with Crippen molar-refractivity contribution < 1.29 is 9.53 Å². The molecule has 0 bridgehead atoms. The molecular weight excluding hydrogens is 224 g/mol. The molecule has 0 saturated heterocycles. The van der Waals surface area contributed by atoms with E-state index in [2.05, 4.69) is 5.32 Å². The maximum Gasteiger partial charge on any atom is 0.223 e. The Morgan fingerprint density at radius 1 is 1.50 bits per heavy atom. The van der Waals surface area contributed by atoms with Crippen molar-refractivity contribution in [3.63, 3.8) is 0 Å². The Bertz CT molecular complexity index is 263. The fourth-order valence-corrected chi connectivity index (χ4v) is 2.31. The fraction of sp³-hybridized carbons (Fsp3) is 0.818. The molecule has 1 rings (SSSR count). The number of nitrogens with two attached hydrogens (primary N) is 1. The first-order valence-electron chi connectivity index (χ1n) is 5.79. The van der Waals surface area contributed by atoms with Crippen LogP contribution in [0.2, 0.25) is 0 Å². The number of thiocarbonyl (C=S) groups is 1. The number of hydrogen-bond donors (Lipinski definition) is 2. The quantitative estimate of drug-likeness (QED) is 0.543. The molecule has 16 heavy (non-hydrogen) atoms. The van der Waals surface area contributed by atoms with Crippen molar-refractivity contribution >= 4 is 23.1 Å². The molecule has 0 radical (unpaired) electrons. The second-order valence-electron chi connectivity index (χ2n) is 4.15. The molecule has 1 aliphatic carbocycles. The molecule has 92 valence electrons. The van der Waals surface area contributed by atoms with Gasteiger partial charge >= 0.3 is 0 Å². The van der Waals surface area contributed by atoms with Gasteiger partial charge in [-0.3, -0.25) is 4.79 Å². The third-order valence-electron chi connectivity index (χ3n) is 2.99. The Labute approximate surface area is 102 Å². The van der Waals surface area contributed by atoms with E-state index in [0.29, 0.717) is 24.6 Å². The lowest BCUT2D eigenvalue weighted by molar-refractivity contribution is -0.123. The molecule has 0 aromatic heterocycles. The minimum atomic E-state index is -0.432. The van der Waals surface area contributed by atoms with E-state index in [1.807, 2.05) is 6.92 Å². The van der Waals surface area contributed by atoms with Gasteiger partial charge in [-0.15, -0.1) is 0 Å². The topological polar surface area (TPSA) is 64.3 Å². The van der Waals surface area contributed by atoms with E-state index in [1.165, 1.54) is 0 Å². The first-order chi connectivity index (χ1) is 7.60. The highest BCUT2D eigenvalue weighted by atomic mass is 32.1. The van der Waals surface area contributed by atoms with Gasteiger partial charge in [0.25, 0.3) is 0 Å². The highest BCUT2D eigenvalue weighted by Crippen LogP contribution is 2.30. The molecule has 1 aliphatic rings. The third-order valence-corrected chi connectivity index (χ3v) is 3.38. The maximum absolute atomic E-state index is 11.7. The predicted molar refractivity (Wildman–Crippen MR) is 67.2 cm³/mol. The van der Waals surface area contributed by atoms with Crippen molar-refractivity contribution in [1.82, 2.24) is 5.32 Å². The number of rotatable bonds is 6. The summed E-state index contributed by atoms with van der Waals surface area (Å²) in [6, 6.07) is 0. The number of carbonyl (C=O) groups excluding carboxylic acids is 1. The second kappa shape index (κ2) is 6.15. The van der Waals surface area contributed by atoms with Gasteiger partial charge in [0, 0.05) is 13.0 Å². The Balaban J connectivity index is 2.43. The minimum absolute atomic E-state index is 0.0249. The zero-order valence-corrected chi connectivity index (χ0v) is 10.6. The first-order valence-corrected chi connectivity index (χ1v) is 6.20. The van der Waals surface area contributed by atoms with Gasteiger partial charge in [0.05, 0.1) is 17.1 Å². The number of hydrogen-bond acceptors (Lipinski definition) is 3. The highest BCUT2D eigenvalue weighted by Gasteiger charge is 2.37. The molecule has 0 unspecified atom stereocenters. The molecule has 0 spiro atoms. The smallest absolute Gasteiger partial charge is 0.223 e. The van der Waals surface area contributed by atoms with E-state index in [4.69, 9.17) is 22.7 Å². The summed E-state index contributed by atoms with van der Waals surface area (Å²) in [6.07, 6.45) is 4.25. The average molecular weight is 244 g/mol. The molecule has 0 aliphatic heterocycles. The van der Waals surface area contributed by atoms with Crippen molar-refractivity contribution in [3.8, 4) is 0 Å². The van der Waals surface area contributed by atoms with Crippen molar-refractivity contribution in [2.24, 2.45) is 5.73 Å². The molecule has 0 aromatic rings. The monoisotopic (exact) mass is 244 g/mol. The lowest BCUT2D eigenvalue weighted by Gasteiger charge is -2.29. The van der Waals surface area contributed by atoms with E-state index in [9.17, 15) is 4.79 Å². The standard InChI is InChI=1S/C11H20N2O2S/c1-2-15-8-5-9(14)13-11(10(12)16)6-3-4-7-11/h2-8H2,1H3,(H2,12,16)(H,13,14). The molecular formula is C11H20N2O2S. The molecule has 0 atom stereocenters. The van der Waals surface area contributed by atoms with E-state index in [1.54, 1.807) is 0 Å². The van der Waals surface area contributed by atoms with Gasteiger partial charge in [-0.25, -0.2) is 0 Å². The van der Waals surface area contributed by atoms with Gasteiger partial charge in [-0.2, -0.15) is 0 Å². The molecule has 4 nitrogen and oxygen atoms in total. The van der Waals surface area contributed by atoms with Gasteiger partial charge in [-0.1, -0.05) is 25.1 Å². The predicted octanol–water partition coefficient (Wildman–Crippen LogP) is 1.13. The lowest BCUT2D eigenvalue weighted by atomic mass is 9.97. The second-order valence-corrected chi connectivity index (χ2v) is 4.59. The average Bonchev–Trinajstić information content (AvgIpc) is 2.68. The third kappa shape index (κ3) is 3.42. The molecule has 5 heteroatoms. The van der Waals surface area contributed by atoms with Gasteiger partial charge < -0.3 is 15.8 Å². The van der Waals surface area contributed by atoms with Crippen LogP contribution in [0.3, 0.4) is 0 Å². The molecule has 1 amide bonds. The van der Waals surface area contributed by atoms with Crippen LogP contribution in [0.25, 0.3) is 0 Å². The van der Waals surface area contributed by atoms with E-state index < -0.39 is 5.54 Å². The number of nitrogens with one attached hydrogen (secondary N) is 1. The van der Waals surface area contributed by atoms with Crippen LogP contribution in [0, 0.1) is 0 Å². The van der Waals surface area contributed by atoms with E-state index in [-0.39, 0.29) is 5.91 Å². The van der Waals surface area contributed by atoms with Crippen LogP contribution in [0.1, 0.15) is 39.0 Å². The van der Waals surface area contributed by atoms with Gasteiger partial charge in [0.2, 0.25) is 5.91 Å². The highest BCUT2D eigenvalue weighted by molar-refractivity contribution is 7.80. The number of carbonyl (C=O) groups is 1. The van der Waals surface area contributed by atoms with Gasteiger partial charge in [0.1, 0.15) is 0 Å². The fourth-order valence-electron chi connectivity index (χ4n) is 2.05. The number of amides is 1. The van der Waals surface area contributed by atoms with Gasteiger partial charge in [0.15, 0.2) is 0 Å². The van der Waals surface area contributed by atoms with Crippen LogP contribution in [0.4, 0.5) is 0 Å². The molecule has 3 N–H and O–H groups in total. The summed E-state index contributed by atoms with van der Waals surface area (Å²) < 4.78 is 5.14. The Kier molecular flexibility index (Phi) is 5.15. The van der Waals surface area contributed by atoms with E-state index >= 15 is 0 Å². The van der Waals surface area contributed by atoms with Crippen LogP contribution < -0.4 is 11.1 Å². The summed E-state index contributed by atoms with van der Waals surface area (Å²) in [5.74, 6) is -0.0249. The number of ether oxygens (including phenoxy) is 1. The summed E-state index contributed by atoms with van der Waals surface area (Å²) >= 11 is 5.05. The zero-order valence-electron chi connectivity index (χ0n) is 9.75. The largest absolute Gasteiger partial charge is 0.391 e. The van der Waals surface area contributed by atoms with E-state index in [0.717, 1.165) is 25.7 Å². The van der Waals surface area contributed by atoms with Crippen LogP contribution in [0.15, 0.2) is 0 Å². The summed E-state index contributed by atoms with van der Waals surface area (Å²) in [5, 5.41) is 2.97. The van der Waals surface area contributed by atoms with Crippen molar-refractivity contribution in [2.45, 2.75) is 44.6 Å². The Hall–Kier alpha value is -0.680. The SMILES string of the molecule is CCOCCC(=O)NC1(C(N)=S)CCCC1.